The number of nitrogens with zero attached hydrogens (tertiary/aromatic N) is 5. The summed E-state index contributed by atoms with van der Waals surface area (Å²) in [5.41, 5.74) is 0.744. The molecule has 8 atom stereocenters. The summed E-state index contributed by atoms with van der Waals surface area (Å²) in [6, 6.07) is 14.0. The molecule has 53 heavy (non-hydrogen) atoms. The number of hydrogen-bond acceptors (Lipinski definition) is 9. The summed E-state index contributed by atoms with van der Waals surface area (Å²) in [6.45, 7) is 11.2. The number of esters is 1. The number of alkyl halides is 1. The van der Waals surface area contributed by atoms with Gasteiger partial charge in [0.1, 0.15) is 30.4 Å². The number of carbonyl (C=O) groups is 4. The maximum Gasteiger partial charge on any atom is 0.306 e. The predicted octanol–water partition coefficient (Wildman–Crippen LogP) is 3.93. The molecule has 3 saturated heterocycles. The second kappa shape index (κ2) is 16.3. The van der Waals surface area contributed by atoms with Crippen LogP contribution in [0.5, 0.6) is 0 Å². The molecule has 1 unspecified atom stereocenters. The van der Waals surface area contributed by atoms with Crippen LogP contribution in [0, 0.1) is 17.8 Å². The van der Waals surface area contributed by atoms with Crippen LogP contribution in [-0.4, -0.2) is 102 Å². The third-order valence-corrected chi connectivity index (χ3v) is 11.3. The minimum absolute atomic E-state index is 0.0218. The Morgan fingerprint density at radius 3 is 2.58 bits per heavy atom. The van der Waals surface area contributed by atoms with E-state index in [4.69, 9.17) is 9.47 Å². The Bertz CT molecular complexity index is 1840. The van der Waals surface area contributed by atoms with Gasteiger partial charge in [0.05, 0.1) is 42.1 Å². The second-order valence-corrected chi connectivity index (χ2v) is 15.6. The molecule has 282 valence electrons. The number of ether oxygens (including phenoxy) is 2. The van der Waals surface area contributed by atoms with Gasteiger partial charge in [-0.05, 0) is 42.9 Å². The Morgan fingerprint density at radius 1 is 1.15 bits per heavy atom. The van der Waals surface area contributed by atoms with Crippen molar-refractivity contribution in [2.45, 2.75) is 80.9 Å². The molecule has 13 nitrogen and oxygen atoms in total. The summed E-state index contributed by atoms with van der Waals surface area (Å²) in [7, 11) is 0. The highest BCUT2D eigenvalue weighted by molar-refractivity contribution is 9.09. The number of likely N-dealkylation sites (tertiary alicyclic amines) is 1. The molecule has 3 amide bonds. The monoisotopic (exact) mass is 790 g/mol. The molecule has 2 bridgehead atoms. The first-order chi connectivity index (χ1) is 25.5. The Hall–Kier alpha value is -4.40. The lowest BCUT2D eigenvalue weighted by molar-refractivity contribution is -0.152. The highest BCUT2D eigenvalue weighted by Gasteiger charge is 2.77. The topological polar surface area (TPSA) is 156 Å². The number of carbonyl (C=O) groups excluding carboxylic acids is 4. The Kier molecular flexibility index (Phi) is 11.8. The number of rotatable bonds is 17. The van der Waals surface area contributed by atoms with E-state index in [1.54, 1.807) is 21.7 Å². The van der Waals surface area contributed by atoms with E-state index >= 15 is 4.79 Å². The SMILES string of the molecule is C=CCCC(=O)OC[C@H](NC(=O)[C@H]1[C@@H]2O[C@@]3(CC2Br)[C@@H]1C(=O)N([C@@H](CO)CC(C)C)[C@@H]3C(=O)N(CC=C)Cn1nnc2ccccc21)c1ccccc1. The molecule has 2 aromatic carbocycles. The van der Waals surface area contributed by atoms with Crippen molar-refractivity contribution in [1.82, 2.24) is 30.1 Å². The summed E-state index contributed by atoms with van der Waals surface area (Å²) >= 11 is 3.75. The molecule has 3 aliphatic heterocycles. The number of amides is 3. The van der Waals surface area contributed by atoms with Gasteiger partial charge in [-0.1, -0.05) is 89.6 Å². The van der Waals surface area contributed by atoms with Crippen molar-refractivity contribution in [2.75, 3.05) is 19.8 Å². The van der Waals surface area contributed by atoms with Crippen molar-refractivity contribution in [3.8, 4) is 0 Å². The number of allylic oxidation sites excluding steroid dienone is 1. The Labute approximate surface area is 317 Å². The molecule has 14 heteroatoms. The molecule has 2 N–H and O–H groups in total. The van der Waals surface area contributed by atoms with Gasteiger partial charge in [0.2, 0.25) is 17.7 Å². The molecule has 1 aromatic heterocycles. The predicted molar refractivity (Wildman–Crippen MR) is 200 cm³/mol. The number of fused-ring (bicyclic) bond motifs is 2. The first-order valence-corrected chi connectivity index (χ1v) is 19.0. The largest absolute Gasteiger partial charge is 0.463 e. The van der Waals surface area contributed by atoms with Gasteiger partial charge in [-0.25, -0.2) is 4.68 Å². The fraction of sp³-hybridized carbons (Fsp3) is 0.487. The highest BCUT2D eigenvalue weighted by Crippen LogP contribution is 2.60. The lowest BCUT2D eigenvalue weighted by Gasteiger charge is -2.39. The molecule has 3 aliphatic rings. The fourth-order valence-electron chi connectivity index (χ4n) is 8.23. The molecule has 6 rings (SSSR count). The zero-order valence-electron chi connectivity index (χ0n) is 30.1. The van der Waals surface area contributed by atoms with Crippen LogP contribution in [0.2, 0.25) is 0 Å². The number of aromatic nitrogens is 3. The number of hydrogen-bond donors (Lipinski definition) is 2. The lowest BCUT2D eigenvalue weighted by Crippen LogP contribution is -2.59. The molecule has 1 spiro atoms. The van der Waals surface area contributed by atoms with Crippen molar-refractivity contribution in [2.24, 2.45) is 17.8 Å². The molecule has 0 radical (unpaired) electrons. The van der Waals surface area contributed by atoms with Crippen LogP contribution >= 0.6 is 15.9 Å². The van der Waals surface area contributed by atoms with E-state index < -0.39 is 65.4 Å². The van der Waals surface area contributed by atoms with Gasteiger partial charge in [-0.2, -0.15) is 0 Å². The van der Waals surface area contributed by atoms with Crippen LogP contribution in [0.25, 0.3) is 11.0 Å². The minimum Gasteiger partial charge on any atom is -0.463 e. The zero-order chi connectivity index (χ0) is 37.9. The molecule has 0 saturated carbocycles. The maximum absolute atomic E-state index is 15.0. The van der Waals surface area contributed by atoms with Crippen LogP contribution in [0.4, 0.5) is 0 Å². The van der Waals surface area contributed by atoms with Crippen molar-refractivity contribution in [3.05, 3.63) is 85.5 Å². The first kappa shape index (κ1) is 38.3. The smallest absolute Gasteiger partial charge is 0.306 e. The van der Waals surface area contributed by atoms with Gasteiger partial charge in [-0.15, -0.1) is 18.3 Å². The van der Waals surface area contributed by atoms with Crippen molar-refractivity contribution in [3.63, 3.8) is 0 Å². The van der Waals surface area contributed by atoms with E-state index in [2.05, 4.69) is 44.7 Å². The Balaban J connectivity index is 1.35. The average molecular weight is 792 g/mol. The quantitative estimate of drug-likeness (QED) is 0.118. The van der Waals surface area contributed by atoms with Gasteiger partial charge in [0.25, 0.3) is 0 Å². The van der Waals surface area contributed by atoms with Crippen LogP contribution < -0.4 is 5.32 Å². The van der Waals surface area contributed by atoms with Crippen LogP contribution in [0.15, 0.2) is 79.9 Å². The van der Waals surface area contributed by atoms with Gasteiger partial charge >= 0.3 is 5.97 Å². The molecule has 4 heterocycles. The van der Waals surface area contributed by atoms with Crippen molar-refractivity contribution in [1.29, 1.82) is 0 Å². The van der Waals surface area contributed by atoms with E-state index in [0.29, 0.717) is 24.8 Å². The van der Waals surface area contributed by atoms with Crippen LogP contribution in [-0.2, 0) is 35.3 Å². The summed E-state index contributed by atoms with van der Waals surface area (Å²) in [5, 5.41) is 22.3. The third kappa shape index (κ3) is 7.41. The van der Waals surface area contributed by atoms with E-state index in [9.17, 15) is 19.5 Å². The maximum atomic E-state index is 15.0. The summed E-state index contributed by atoms with van der Waals surface area (Å²) in [5.74, 6) is -3.60. The number of nitrogens with one attached hydrogen (secondary N) is 1. The molecule has 0 aliphatic carbocycles. The Morgan fingerprint density at radius 2 is 1.89 bits per heavy atom. The van der Waals surface area contributed by atoms with Crippen LogP contribution in [0.1, 0.15) is 51.1 Å². The van der Waals surface area contributed by atoms with E-state index in [1.807, 2.05) is 68.4 Å². The van der Waals surface area contributed by atoms with Gasteiger partial charge in [0.15, 0.2) is 0 Å². The number of para-hydroxylation sites is 1. The van der Waals surface area contributed by atoms with Crippen LogP contribution in [0.3, 0.4) is 0 Å². The molecule has 3 fully saturated rings. The second-order valence-electron chi connectivity index (χ2n) is 14.4. The number of halogens is 1. The number of aliphatic hydroxyl groups excluding tert-OH is 1. The zero-order valence-corrected chi connectivity index (χ0v) is 31.6. The molecule has 3 aromatic rings. The standard InChI is InChI=1S/C39H47BrN6O7/c1-5-7-17-31(48)52-22-29(25-13-9-8-10-14-25)41-36(49)32-33-37(50)46(26(21-47)19-24(3)4)35(39(33)20-27(40)34(32)53-39)38(51)44(18-6-2)23-45-30-16-12-11-15-28(30)42-43-45/h5-6,8-16,24,26-27,29,32-35,47H,1-2,7,17-23H2,3-4H3,(H,41,49)/t26-,27?,29+,32-,33+,34-,35-,39+/m1/s1. The highest BCUT2D eigenvalue weighted by atomic mass is 79.9. The third-order valence-electron chi connectivity index (χ3n) is 10.5. The lowest BCUT2D eigenvalue weighted by atomic mass is 9.70. The normalized spacial score (nSPS) is 25.6. The van der Waals surface area contributed by atoms with Gasteiger partial charge in [0, 0.05) is 17.8 Å². The number of benzene rings is 2. The summed E-state index contributed by atoms with van der Waals surface area (Å²) in [6.07, 6.45) is 3.85. The van der Waals surface area contributed by atoms with Gasteiger partial charge < -0.3 is 29.7 Å². The fourth-order valence-corrected chi connectivity index (χ4v) is 9.18. The summed E-state index contributed by atoms with van der Waals surface area (Å²) in [4.78, 5) is 59.6. The van der Waals surface area contributed by atoms with Gasteiger partial charge in [-0.3, -0.25) is 19.2 Å². The summed E-state index contributed by atoms with van der Waals surface area (Å²) < 4.78 is 14.0. The first-order valence-electron chi connectivity index (χ1n) is 18.1. The number of aliphatic hydroxyl groups is 1. The van der Waals surface area contributed by atoms with Crippen molar-refractivity contribution < 1.29 is 33.8 Å². The minimum atomic E-state index is -1.37. The van der Waals surface area contributed by atoms with E-state index in [-0.39, 0.29) is 43.6 Å². The van der Waals surface area contributed by atoms with Crippen molar-refractivity contribution >= 4 is 50.7 Å². The molecular weight excluding hydrogens is 744 g/mol. The van der Waals surface area contributed by atoms with E-state index in [1.165, 1.54) is 4.90 Å². The average Bonchev–Trinajstić information content (AvgIpc) is 3.88. The molecular formula is C39H47BrN6O7. The van der Waals surface area contributed by atoms with E-state index in [0.717, 1.165) is 11.1 Å².